The third-order valence-electron chi connectivity index (χ3n) is 5.01. The second-order valence-corrected chi connectivity index (χ2v) is 7.08. The first-order valence-corrected chi connectivity index (χ1v) is 9.44. The Morgan fingerprint density at radius 3 is 2.24 bits per heavy atom. The maximum Gasteiger partial charge on any atom is 0.326 e. The van der Waals surface area contributed by atoms with Crippen molar-refractivity contribution in [3.05, 3.63) is 0 Å². The average Bonchev–Trinajstić information content (AvgIpc) is 3.36. The highest BCUT2D eigenvalue weighted by molar-refractivity contribution is 5.95. The molecule has 4 unspecified atom stereocenters. The second kappa shape index (κ2) is 10.2. The number of likely N-dealkylation sites (tertiary alicyclic amines) is 1. The maximum absolute atomic E-state index is 12.8. The van der Waals surface area contributed by atoms with Crippen LogP contribution in [0.2, 0.25) is 0 Å². The van der Waals surface area contributed by atoms with E-state index in [2.05, 4.69) is 16.0 Å². The molecule has 0 aromatic rings. The Hall–Kier alpha value is -2.73. The normalized spacial score (nSPS) is 23.3. The van der Waals surface area contributed by atoms with Crippen molar-refractivity contribution in [2.24, 2.45) is 0 Å². The number of carboxylic acids is 2. The molecule has 2 aliphatic heterocycles. The molecule has 12 heteroatoms. The first-order valence-electron chi connectivity index (χ1n) is 9.44. The van der Waals surface area contributed by atoms with Gasteiger partial charge in [-0.1, -0.05) is 0 Å². The summed E-state index contributed by atoms with van der Waals surface area (Å²) >= 11 is 0. The van der Waals surface area contributed by atoms with Gasteiger partial charge in [-0.25, -0.2) is 4.79 Å². The summed E-state index contributed by atoms with van der Waals surface area (Å²) in [4.78, 5) is 60.6. The highest BCUT2D eigenvalue weighted by atomic mass is 16.4. The fourth-order valence-corrected chi connectivity index (χ4v) is 3.51. The van der Waals surface area contributed by atoms with Gasteiger partial charge < -0.3 is 36.2 Å². The Kier molecular flexibility index (Phi) is 7.91. The maximum atomic E-state index is 12.8. The Morgan fingerprint density at radius 2 is 1.69 bits per heavy atom. The zero-order chi connectivity index (χ0) is 21.6. The van der Waals surface area contributed by atoms with Crippen molar-refractivity contribution < 1.29 is 39.3 Å². The quantitative estimate of drug-likeness (QED) is 0.233. The van der Waals surface area contributed by atoms with Crippen LogP contribution in [0.5, 0.6) is 0 Å². The molecule has 6 N–H and O–H groups in total. The number of carbonyl (C=O) groups excluding carboxylic acids is 3. The number of aliphatic carboxylic acids is 2. The lowest BCUT2D eigenvalue weighted by Crippen LogP contribution is -2.57. The van der Waals surface area contributed by atoms with Gasteiger partial charge in [0, 0.05) is 6.54 Å². The van der Waals surface area contributed by atoms with Gasteiger partial charge in [0.05, 0.1) is 19.1 Å². The lowest BCUT2D eigenvalue weighted by Gasteiger charge is -2.29. The van der Waals surface area contributed by atoms with Crippen molar-refractivity contribution in [3.63, 3.8) is 0 Å². The molecule has 2 heterocycles. The van der Waals surface area contributed by atoms with E-state index in [4.69, 9.17) is 10.2 Å². The van der Waals surface area contributed by atoms with Crippen molar-refractivity contribution in [3.8, 4) is 0 Å². The van der Waals surface area contributed by atoms with E-state index in [-0.39, 0.29) is 13.0 Å². The lowest BCUT2D eigenvalue weighted by molar-refractivity contribution is -0.148. The fourth-order valence-electron chi connectivity index (χ4n) is 3.51. The molecule has 0 aliphatic carbocycles. The molecule has 2 rings (SSSR count). The Balaban J connectivity index is 2.02. The van der Waals surface area contributed by atoms with E-state index < -0.39 is 66.9 Å². The topological polar surface area (TPSA) is 185 Å². The molecule has 0 saturated carbocycles. The average molecular weight is 414 g/mol. The number of carboxylic acid groups (broad SMARTS) is 2. The minimum Gasteiger partial charge on any atom is -0.481 e. The van der Waals surface area contributed by atoms with Crippen LogP contribution in [0.25, 0.3) is 0 Å². The predicted molar refractivity (Wildman–Crippen MR) is 96.6 cm³/mol. The largest absolute Gasteiger partial charge is 0.481 e. The van der Waals surface area contributed by atoms with Crippen molar-refractivity contribution in [2.45, 2.75) is 56.3 Å². The van der Waals surface area contributed by atoms with Crippen molar-refractivity contribution in [1.29, 1.82) is 0 Å². The number of carbonyl (C=O) groups is 5. The van der Waals surface area contributed by atoms with Gasteiger partial charge in [-0.05, 0) is 32.2 Å². The molecule has 0 aromatic carbocycles. The molecule has 2 fully saturated rings. The van der Waals surface area contributed by atoms with Gasteiger partial charge in [-0.2, -0.15) is 0 Å². The van der Waals surface area contributed by atoms with Crippen molar-refractivity contribution in [1.82, 2.24) is 20.9 Å². The SMILES string of the molecule is O=C(O)CC(NC(=O)C1CCCN1C(=O)C(CO)NC(=O)C1CCCN1)C(=O)O. The van der Waals surface area contributed by atoms with Crippen LogP contribution in [-0.2, 0) is 24.0 Å². The van der Waals surface area contributed by atoms with Crippen LogP contribution in [0.15, 0.2) is 0 Å². The number of hydrogen-bond donors (Lipinski definition) is 6. The Labute approximate surface area is 166 Å². The van der Waals surface area contributed by atoms with E-state index in [1.54, 1.807) is 0 Å². The van der Waals surface area contributed by atoms with Crippen molar-refractivity contribution in [2.75, 3.05) is 19.7 Å². The highest BCUT2D eigenvalue weighted by Crippen LogP contribution is 2.19. The lowest BCUT2D eigenvalue weighted by atomic mass is 10.1. The van der Waals surface area contributed by atoms with Gasteiger partial charge in [-0.15, -0.1) is 0 Å². The van der Waals surface area contributed by atoms with Gasteiger partial charge in [0.15, 0.2) is 0 Å². The van der Waals surface area contributed by atoms with E-state index in [9.17, 15) is 29.1 Å². The Morgan fingerprint density at radius 1 is 1.00 bits per heavy atom. The third-order valence-corrected chi connectivity index (χ3v) is 5.01. The van der Waals surface area contributed by atoms with E-state index >= 15 is 0 Å². The van der Waals surface area contributed by atoms with Crippen LogP contribution in [0.4, 0.5) is 0 Å². The molecule has 162 valence electrons. The predicted octanol–water partition coefficient (Wildman–Crippen LogP) is -2.75. The summed E-state index contributed by atoms with van der Waals surface area (Å²) in [5, 5.41) is 35.0. The third kappa shape index (κ3) is 5.87. The zero-order valence-electron chi connectivity index (χ0n) is 15.8. The summed E-state index contributed by atoms with van der Waals surface area (Å²) in [6, 6.07) is -4.30. The minimum absolute atomic E-state index is 0.196. The summed E-state index contributed by atoms with van der Waals surface area (Å²) in [5.74, 6) is -4.74. The number of aliphatic hydroxyl groups excluding tert-OH is 1. The van der Waals surface area contributed by atoms with E-state index in [0.717, 1.165) is 6.42 Å². The van der Waals surface area contributed by atoms with Crippen LogP contribution in [0.1, 0.15) is 32.1 Å². The molecule has 3 amide bonds. The molecule has 0 spiro atoms. The van der Waals surface area contributed by atoms with Crippen LogP contribution in [0.3, 0.4) is 0 Å². The summed E-state index contributed by atoms with van der Waals surface area (Å²) in [6.45, 7) is 0.228. The molecule has 29 heavy (non-hydrogen) atoms. The van der Waals surface area contributed by atoms with Gasteiger partial charge >= 0.3 is 11.9 Å². The van der Waals surface area contributed by atoms with Crippen molar-refractivity contribution >= 4 is 29.7 Å². The standard InChI is InChI=1S/C17H26N4O8/c22-8-11(20-14(25)9-3-1-5-18-9)16(27)21-6-2-4-12(21)15(26)19-10(17(28)29)7-13(23)24/h9-12,18,22H,1-8H2,(H,19,26)(H,20,25)(H,23,24)(H,28,29). The zero-order valence-corrected chi connectivity index (χ0v) is 15.8. The second-order valence-electron chi connectivity index (χ2n) is 7.08. The Bertz CT molecular complexity index is 664. The number of amides is 3. The number of nitrogens with one attached hydrogen (secondary N) is 3. The van der Waals surface area contributed by atoms with Crippen LogP contribution >= 0.6 is 0 Å². The summed E-state index contributed by atoms with van der Waals surface area (Å²) < 4.78 is 0. The van der Waals surface area contributed by atoms with E-state index in [1.165, 1.54) is 4.90 Å². The molecule has 0 aromatic heterocycles. The van der Waals surface area contributed by atoms with E-state index in [0.29, 0.717) is 19.4 Å². The summed E-state index contributed by atoms with van der Waals surface area (Å²) in [6.07, 6.45) is 1.37. The van der Waals surface area contributed by atoms with E-state index in [1.807, 2.05) is 0 Å². The number of rotatable bonds is 9. The summed E-state index contributed by atoms with van der Waals surface area (Å²) in [5.41, 5.74) is 0. The molecular formula is C17H26N4O8. The van der Waals surface area contributed by atoms with Crippen LogP contribution in [0, 0.1) is 0 Å². The molecule has 4 atom stereocenters. The first kappa shape index (κ1) is 22.6. The van der Waals surface area contributed by atoms with Gasteiger partial charge in [0.25, 0.3) is 0 Å². The molecule has 2 saturated heterocycles. The molecule has 0 bridgehead atoms. The summed E-state index contributed by atoms with van der Waals surface area (Å²) in [7, 11) is 0. The molecule has 0 radical (unpaired) electrons. The first-order chi connectivity index (χ1) is 13.7. The van der Waals surface area contributed by atoms with Gasteiger partial charge in [-0.3, -0.25) is 19.2 Å². The number of nitrogens with zero attached hydrogens (tertiary/aromatic N) is 1. The van der Waals surface area contributed by atoms with Gasteiger partial charge in [0.2, 0.25) is 17.7 Å². The van der Waals surface area contributed by atoms with Crippen LogP contribution in [-0.4, -0.2) is 93.7 Å². The highest BCUT2D eigenvalue weighted by Gasteiger charge is 2.39. The molecule has 12 nitrogen and oxygen atoms in total. The number of hydrogen-bond acceptors (Lipinski definition) is 7. The molecular weight excluding hydrogens is 388 g/mol. The minimum atomic E-state index is -1.63. The molecule has 2 aliphatic rings. The van der Waals surface area contributed by atoms with Crippen LogP contribution < -0.4 is 16.0 Å². The number of aliphatic hydroxyl groups is 1. The monoisotopic (exact) mass is 414 g/mol. The fraction of sp³-hybridized carbons (Fsp3) is 0.706. The smallest absolute Gasteiger partial charge is 0.326 e. The van der Waals surface area contributed by atoms with Gasteiger partial charge in [0.1, 0.15) is 18.1 Å².